The highest BCUT2D eigenvalue weighted by Crippen LogP contribution is 2.28. The molecule has 0 aliphatic carbocycles. The third kappa shape index (κ3) is 7.80. The molecule has 0 heterocycles. The van der Waals surface area contributed by atoms with Crippen LogP contribution in [0.1, 0.15) is 31.9 Å². The minimum absolute atomic E-state index is 0.0159. The number of aryl methyl sites for hydroxylation is 1. The second kappa shape index (κ2) is 13.1. The highest BCUT2D eigenvalue weighted by molar-refractivity contribution is 7.92. The van der Waals surface area contributed by atoms with Crippen LogP contribution in [0.2, 0.25) is 5.02 Å². The van der Waals surface area contributed by atoms with Crippen LogP contribution in [0.3, 0.4) is 0 Å². The van der Waals surface area contributed by atoms with Gasteiger partial charge in [0, 0.05) is 18.1 Å². The Labute approximate surface area is 234 Å². The van der Waals surface area contributed by atoms with Crippen LogP contribution in [-0.2, 0) is 26.2 Å². The quantitative estimate of drug-likeness (QED) is 0.343. The van der Waals surface area contributed by atoms with Crippen LogP contribution in [0, 0.1) is 18.7 Å². The summed E-state index contributed by atoms with van der Waals surface area (Å²) >= 11 is 5.98. The summed E-state index contributed by atoms with van der Waals surface area (Å²) in [6, 6.07) is 17.2. The molecule has 208 valence electrons. The molecule has 3 rings (SSSR count). The molecule has 1 atom stereocenters. The number of amides is 2. The molecule has 0 saturated carbocycles. The number of benzene rings is 3. The molecule has 3 aromatic rings. The summed E-state index contributed by atoms with van der Waals surface area (Å²) in [4.78, 5) is 28.1. The highest BCUT2D eigenvalue weighted by Gasteiger charge is 2.33. The Morgan fingerprint density at radius 3 is 2.15 bits per heavy atom. The fourth-order valence-electron chi connectivity index (χ4n) is 3.91. The molecule has 0 aliphatic rings. The lowest BCUT2D eigenvalue weighted by atomic mass is 10.1. The number of nitrogens with zero attached hydrogens (tertiary/aromatic N) is 2. The lowest BCUT2D eigenvalue weighted by Gasteiger charge is -2.32. The first-order chi connectivity index (χ1) is 18.4. The summed E-state index contributed by atoms with van der Waals surface area (Å²) in [6.45, 7) is 7.09. The molecule has 0 aromatic heterocycles. The van der Waals surface area contributed by atoms with Crippen molar-refractivity contribution in [2.45, 2.75) is 45.2 Å². The van der Waals surface area contributed by atoms with E-state index in [1.54, 1.807) is 38.1 Å². The molecule has 0 unspecified atom stereocenters. The van der Waals surface area contributed by atoms with Gasteiger partial charge in [0.05, 0.1) is 10.6 Å². The van der Waals surface area contributed by atoms with Crippen LogP contribution in [0.15, 0.2) is 77.7 Å². The molecule has 0 fully saturated rings. The van der Waals surface area contributed by atoms with E-state index in [4.69, 9.17) is 11.6 Å². The molecule has 39 heavy (non-hydrogen) atoms. The number of nitrogens with one attached hydrogen (secondary N) is 1. The lowest BCUT2D eigenvalue weighted by Crippen LogP contribution is -2.51. The fourth-order valence-corrected chi connectivity index (χ4v) is 5.52. The van der Waals surface area contributed by atoms with Gasteiger partial charge in [0.1, 0.15) is 18.4 Å². The Hall–Kier alpha value is -3.43. The maximum Gasteiger partial charge on any atom is 0.264 e. The van der Waals surface area contributed by atoms with E-state index in [1.165, 1.54) is 53.4 Å². The van der Waals surface area contributed by atoms with Crippen LogP contribution < -0.4 is 9.62 Å². The smallest absolute Gasteiger partial charge is 0.264 e. The van der Waals surface area contributed by atoms with Crippen molar-refractivity contribution in [1.29, 1.82) is 0 Å². The number of rotatable bonds is 11. The predicted molar refractivity (Wildman–Crippen MR) is 151 cm³/mol. The van der Waals surface area contributed by atoms with Crippen LogP contribution in [-0.4, -0.2) is 44.3 Å². The average Bonchev–Trinajstić information content (AvgIpc) is 2.90. The van der Waals surface area contributed by atoms with E-state index >= 15 is 0 Å². The summed E-state index contributed by atoms with van der Waals surface area (Å²) in [5.41, 5.74) is 1.58. The van der Waals surface area contributed by atoms with E-state index in [9.17, 15) is 22.4 Å². The van der Waals surface area contributed by atoms with Gasteiger partial charge in [-0.05, 0) is 73.4 Å². The van der Waals surface area contributed by atoms with Gasteiger partial charge in [-0.3, -0.25) is 13.9 Å². The molecule has 0 aliphatic heterocycles. The molecule has 7 nitrogen and oxygen atoms in total. The van der Waals surface area contributed by atoms with Crippen molar-refractivity contribution < 1.29 is 22.4 Å². The number of para-hydroxylation sites is 1. The van der Waals surface area contributed by atoms with E-state index in [0.717, 1.165) is 4.31 Å². The molecular weight excluding hydrogens is 541 g/mol. The maximum atomic E-state index is 13.9. The maximum absolute atomic E-state index is 13.9. The average molecular weight is 574 g/mol. The second-order valence-electron chi connectivity index (χ2n) is 9.72. The van der Waals surface area contributed by atoms with Gasteiger partial charge in [0.25, 0.3) is 10.0 Å². The second-order valence-corrected chi connectivity index (χ2v) is 12.0. The first-order valence-electron chi connectivity index (χ1n) is 12.6. The Balaban J connectivity index is 2.02. The number of carbonyl (C=O) groups excluding carboxylic acids is 2. The van der Waals surface area contributed by atoms with Gasteiger partial charge in [-0.25, -0.2) is 12.8 Å². The lowest BCUT2D eigenvalue weighted by molar-refractivity contribution is -0.139. The normalized spacial score (nSPS) is 12.2. The summed E-state index contributed by atoms with van der Waals surface area (Å²) < 4.78 is 42.2. The van der Waals surface area contributed by atoms with Gasteiger partial charge in [0.15, 0.2) is 0 Å². The zero-order valence-corrected chi connectivity index (χ0v) is 24.0. The highest BCUT2D eigenvalue weighted by atomic mass is 35.5. The number of hydrogen-bond acceptors (Lipinski definition) is 4. The van der Waals surface area contributed by atoms with Gasteiger partial charge in [-0.2, -0.15) is 0 Å². The van der Waals surface area contributed by atoms with E-state index in [1.807, 2.05) is 13.8 Å². The minimum atomic E-state index is -4.19. The van der Waals surface area contributed by atoms with Crippen LogP contribution >= 0.6 is 11.6 Å². The van der Waals surface area contributed by atoms with E-state index < -0.39 is 34.3 Å². The zero-order chi connectivity index (χ0) is 28.7. The predicted octanol–water partition coefficient (Wildman–Crippen LogP) is 5.17. The molecule has 0 bridgehead atoms. The monoisotopic (exact) mass is 573 g/mol. The van der Waals surface area contributed by atoms with Gasteiger partial charge in [-0.1, -0.05) is 55.8 Å². The number of sulfonamides is 1. The first-order valence-corrected chi connectivity index (χ1v) is 14.4. The molecule has 3 aromatic carbocycles. The van der Waals surface area contributed by atoms with Crippen molar-refractivity contribution in [2.75, 3.05) is 17.4 Å². The molecule has 0 spiro atoms. The Morgan fingerprint density at radius 2 is 1.56 bits per heavy atom. The minimum Gasteiger partial charge on any atom is -0.354 e. The van der Waals surface area contributed by atoms with Gasteiger partial charge in [-0.15, -0.1) is 0 Å². The van der Waals surface area contributed by atoms with Crippen molar-refractivity contribution in [1.82, 2.24) is 10.2 Å². The molecule has 10 heteroatoms. The summed E-state index contributed by atoms with van der Waals surface area (Å²) in [7, 11) is -4.19. The molecule has 0 radical (unpaired) electrons. The summed E-state index contributed by atoms with van der Waals surface area (Å²) in [5.74, 6) is -1.20. The van der Waals surface area contributed by atoms with Gasteiger partial charge in [0.2, 0.25) is 11.8 Å². The number of carbonyl (C=O) groups is 2. The molecular formula is C29H33ClFN3O4S. The summed E-state index contributed by atoms with van der Waals surface area (Å²) in [5, 5.41) is 3.20. The van der Waals surface area contributed by atoms with Crippen LogP contribution in [0.4, 0.5) is 10.1 Å². The van der Waals surface area contributed by atoms with Crippen molar-refractivity contribution in [3.8, 4) is 0 Å². The number of anilines is 1. The first kappa shape index (κ1) is 30.1. The fraction of sp³-hybridized carbons (Fsp3) is 0.310. The van der Waals surface area contributed by atoms with Crippen LogP contribution in [0.25, 0.3) is 0 Å². The molecule has 0 saturated heterocycles. The van der Waals surface area contributed by atoms with Crippen molar-refractivity contribution >= 4 is 39.1 Å². The van der Waals surface area contributed by atoms with Crippen molar-refractivity contribution in [3.05, 3.63) is 94.8 Å². The topological polar surface area (TPSA) is 86.8 Å². The van der Waals surface area contributed by atoms with Crippen molar-refractivity contribution in [3.63, 3.8) is 0 Å². The van der Waals surface area contributed by atoms with E-state index in [2.05, 4.69) is 5.32 Å². The van der Waals surface area contributed by atoms with Crippen LogP contribution in [0.5, 0.6) is 0 Å². The summed E-state index contributed by atoms with van der Waals surface area (Å²) in [6.07, 6.45) is 0. The zero-order valence-electron chi connectivity index (χ0n) is 22.4. The SMILES string of the molecule is Cc1ccccc1N(CC(=O)N(Cc1ccc(F)cc1)[C@@H](C)C(=O)NCC(C)C)S(=O)(=O)c1ccc(Cl)cc1. The Kier molecular flexibility index (Phi) is 10.1. The van der Waals surface area contributed by atoms with E-state index in [-0.39, 0.29) is 23.3 Å². The van der Waals surface area contributed by atoms with Gasteiger partial charge < -0.3 is 10.2 Å². The Morgan fingerprint density at radius 1 is 0.949 bits per heavy atom. The molecule has 2 amide bonds. The van der Waals surface area contributed by atoms with E-state index in [0.29, 0.717) is 28.4 Å². The Bertz CT molecular complexity index is 1400. The third-order valence-electron chi connectivity index (χ3n) is 6.18. The van der Waals surface area contributed by atoms with Crippen molar-refractivity contribution in [2.24, 2.45) is 5.92 Å². The standard InChI is InChI=1S/C29H33ClFN3O4S/c1-20(2)17-32-29(36)22(4)33(18-23-9-13-25(31)14-10-23)28(35)19-34(27-8-6-5-7-21(27)3)39(37,38)26-15-11-24(30)12-16-26/h5-16,20,22H,17-19H2,1-4H3,(H,32,36)/t22-/m0/s1. The molecule has 1 N–H and O–H groups in total. The largest absolute Gasteiger partial charge is 0.354 e. The number of halogens is 2. The number of hydrogen-bond donors (Lipinski definition) is 1. The third-order valence-corrected chi connectivity index (χ3v) is 8.21. The van der Waals surface area contributed by atoms with Gasteiger partial charge >= 0.3 is 0 Å².